The summed E-state index contributed by atoms with van der Waals surface area (Å²) in [6.45, 7) is 1.78. The third kappa shape index (κ3) is 5.06. The van der Waals surface area contributed by atoms with E-state index in [1.807, 2.05) is 55.4 Å². The summed E-state index contributed by atoms with van der Waals surface area (Å²) < 4.78 is 11.8. The first-order valence-electron chi connectivity index (χ1n) is 14.0. The number of hydrogen-bond acceptors (Lipinski definition) is 5. The van der Waals surface area contributed by atoms with Crippen molar-refractivity contribution in [2.75, 3.05) is 33.9 Å². The molecule has 6 rings (SSSR count). The molecular formula is C33H36N2O4. The van der Waals surface area contributed by atoms with Crippen molar-refractivity contribution in [1.82, 2.24) is 9.80 Å². The maximum Gasteiger partial charge on any atom is 0.410 e. The summed E-state index contributed by atoms with van der Waals surface area (Å²) in [6, 6.07) is 24.4. The molecule has 3 aliphatic rings. The van der Waals surface area contributed by atoms with Crippen LogP contribution in [0.4, 0.5) is 4.79 Å². The highest BCUT2D eigenvalue weighted by atomic mass is 16.6. The van der Waals surface area contributed by atoms with Crippen LogP contribution in [0.2, 0.25) is 0 Å². The van der Waals surface area contributed by atoms with Crippen LogP contribution in [-0.4, -0.2) is 67.6 Å². The summed E-state index contributed by atoms with van der Waals surface area (Å²) in [6.07, 6.45) is 3.00. The number of likely N-dealkylation sites (N-methyl/N-ethyl adjacent to an activating group) is 1. The molecule has 0 radical (unpaired) electrons. The number of piperidine rings is 1. The second-order valence-electron chi connectivity index (χ2n) is 11.3. The Morgan fingerprint density at radius 3 is 2.03 bits per heavy atom. The Hall–Kier alpha value is -3.64. The third-order valence-electron chi connectivity index (χ3n) is 8.60. The topological polar surface area (TPSA) is 59.1 Å². The van der Waals surface area contributed by atoms with E-state index in [1.54, 1.807) is 0 Å². The van der Waals surface area contributed by atoms with Gasteiger partial charge in [-0.2, -0.15) is 0 Å². The average Bonchev–Trinajstić information content (AvgIpc) is 3.42. The molecular weight excluding hydrogens is 488 g/mol. The van der Waals surface area contributed by atoms with E-state index in [9.17, 15) is 9.59 Å². The molecule has 2 saturated heterocycles. The smallest absolute Gasteiger partial charge is 0.410 e. The Kier molecular flexibility index (Phi) is 7.13. The molecule has 0 spiro atoms. The van der Waals surface area contributed by atoms with Crippen molar-refractivity contribution < 1.29 is 19.1 Å². The van der Waals surface area contributed by atoms with E-state index in [0.29, 0.717) is 31.6 Å². The predicted octanol–water partition coefficient (Wildman–Crippen LogP) is 6.00. The Bertz CT molecular complexity index is 1290. The molecule has 39 heavy (non-hydrogen) atoms. The lowest BCUT2D eigenvalue weighted by atomic mass is 9.85. The van der Waals surface area contributed by atoms with Crippen molar-refractivity contribution in [2.24, 2.45) is 5.92 Å². The fraction of sp³-hybridized carbons (Fsp3) is 0.394. The highest BCUT2D eigenvalue weighted by Crippen LogP contribution is 2.45. The van der Waals surface area contributed by atoms with Gasteiger partial charge in [-0.25, -0.2) is 4.79 Å². The van der Waals surface area contributed by atoms with E-state index in [2.05, 4.69) is 41.3 Å². The van der Waals surface area contributed by atoms with Gasteiger partial charge in [-0.3, -0.25) is 4.79 Å². The molecule has 2 aliphatic heterocycles. The highest BCUT2D eigenvalue weighted by Gasteiger charge is 2.46. The lowest BCUT2D eigenvalue weighted by molar-refractivity contribution is 0.0506. The van der Waals surface area contributed by atoms with Gasteiger partial charge in [0.15, 0.2) is 5.78 Å². The number of carbonyl (C=O) groups excluding carboxylic acids is 2. The summed E-state index contributed by atoms with van der Waals surface area (Å²) in [5.41, 5.74) is 5.60. The van der Waals surface area contributed by atoms with Gasteiger partial charge in [0.05, 0.1) is 0 Å². The van der Waals surface area contributed by atoms with Crippen LogP contribution in [-0.2, 0) is 4.74 Å². The van der Waals surface area contributed by atoms with Crippen LogP contribution in [0.1, 0.15) is 53.1 Å². The summed E-state index contributed by atoms with van der Waals surface area (Å²) >= 11 is 0. The van der Waals surface area contributed by atoms with E-state index in [1.165, 1.54) is 22.3 Å². The van der Waals surface area contributed by atoms with Crippen molar-refractivity contribution in [3.05, 3.63) is 89.5 Å². The molecule has 2 fully saturated rings. The first-order valence-corrected chi connectivity index (χ1v) is 14.0. The number of benzene rings is 3. The van der Waals surface area contributed by atoms with E-state index in [0.717, 1.165) is 25.1 Å². The normalized spacial score (nSPS) is 21.5. The van der Waals surface area contributed by atoms with Gasteiger partial charge in [-0.1, -0.05) is 48.5 Å². The summed E-state index contributed by atoms with van der Waals surface area (Å²) in [7, 11) is 4.02. The largest absolute Gasteiger partial charge is 0.492 e. The minimum atomic E-state index is -0.241. The summed E-state index contributed by atoms with van der Waals surface area (Å²) in [5.74, 6) is 0.922. The highest BCUT2D eigenvalue weighted by molar-refractivity contribution is 5.98. The molecule has 1 aliphatic carbocycles. The number of ketones is 1. The Morgan fingerprint density at radius 1 is 0.846 bits per heavy atom. The van der Waals surface area contributed by atoms with Crippen LogP contribution >= 0.6 is 0 Å². The van der Waals surface area contributed by atoms with Gasteiger partial charge in [-0.05, 0) is 86.3 Å². The molecule has 1 amide bonds. The Morgan fingerprint density at radius 2 is 1.44 bits per heavy atom. The molecule has 6 heteroatoms. The lowest BCUT2D eigenvalue weighted by Gasteiger charge is -2.37. The quantitative estimate of drug-likeness (QED) is 0.338. The van der Waals surface area contributed by atoms with Crippen molar-refractivity contribution in [2.45, 2.75) is 43.7 Å². The molecule has 0 N–H and O–H groups in total. The molecule has 0 aromatic heterocycles. The summed E-state index contributed by atoms with van der Waals surface area (Å²) in [5, 5.41) is 0. The second-order valence-corrected chi connectivity index (χ2v) is 11.3. The first-order chi connectivity index (χ1) is 19.0. The molecule has 2 atom stereocenters. The number of amides is 1. The number of hydrogen-bond donors (Lipinski definition) is 0. The van der Waals surface area contributed by atoms with Gasteiger partial charge in [0.1, 0.15) is 19.0 Å². The molecule has 3 aromatic rings. The maximum absolute atomic E-state index is 13.4. The van der Waals surface area contributed by atoms with Gasteiger partial charge in [0, 0.05) is 36.0 Å². The molecule has 2 unspecified atom stereocenters. The zero-order chi connectivity index (χ0) is 26.9. The van der Waals surface area contributed by atoms with Crippen LogP contribution < -0.4 is 4.74 Å². The van der Waals surface area contributed by atoms with Crippen LogP contribution in [0.25, 0.3) is 11.1 Å². The fourth-order valence-corrected chi connectivity index (χ4v) is 6.65. The van der Waals surface area contributed by atoms with Crippen LogP contribution in [0, 0.1) is 5.92 Å². The van der Waals surface area contributed by atoms with Gasteiger partial charge in [0.2, 0.25) is 0 Å². The van der Waals surface area contributed by atoms with Gasteiger partial charge >= 0.3 is 6.09 Å². The SMILES string of the molecule is CN(C)CCOc1ccc(C(=O)C2CC3CCC(C2)N3C(=O)OCC2c3ccccc3-c3ccccc32)cc1. The molecule has 3 aromatic carbocycles. The summed E-state index contributed by atoms with van der Waals surface area (Å²) in [4.78, 5) is 30.7. The first kappa shape index (κ1) is 25.6. The van der Waals surface area contributed by atoms with E-state index in [-0.39, 0.29) is 35.8 Å². The predicted molar refractivity (Wildman–Crippen MR) is 151 cm³/mol. The van der Waals surface area contributed by atoms with Crippen molar-refractivity contribution in [3.8, 4) is 16.9 Å². The van der Waals surface area contributed by atoms with Gasteiger partial charge in [-0.15, -0.1) is 0 Å². The van der Waals surface area contributed by atoms with E-state index < -0.39 is 0 Å². The second kappa shape index (κ2) is 10.9. The number of rotatable bonds is 8. The van der Waals surface area contributed by atoms with Crippen LogP contribution in [0.3, 0.4) is 0 Å². The molecule has 202 valence electrons. The van der Waals surface area contributed by atoms with Crippen molar-refractivity contribution in [1.29, 1.82) is 0 Å². The Balaban J connectivity index is 1.07. The van der Waals surface area contributed by atoms with E-state index >= 15 is 0 Å². The molecule has 2 bridgehead atoms. The fourth-order valence-electron chi connectivity index (χ4n) is 6.65. The van der Waals surface area contributed by atoms with Gasteiger partial charge < -0.3 is 19.3 Å². The minimum absolute atomic E-state index is 0.0490. The molecule has 6 nitrogen and oxygen atoms in total. The number of fused-ring (bicyclic) bond motifs is 5. The van der Waals surface area contributed by atoms with Crippen LogP contribution in [0.15, 0.2) is 72.8 Å². The van der Waals surface area contributed by atoms with Crippen molar-refractivity contribution in [3.63, 3.8) is 0 Å². The lowest BCUT2D eigenvalue weighted by Crippen LogP contribution is -2.48. The van der Waals surface area contributed by atoms with Gasteiger partial charge in [0.25, 0.3) is 0 Å². The molecule has 0 saturated carbocycles. The number of Topliss-reactive ketones (excluding diaryl/α,β-unsaturated/α-hetero) is 1. The zero-order valence-electron chi connectivity index (χ0n) is 22.7. The molecule has 2 heterocycles. The monoisotopic (exact) mass is 524 g/mol. The third-order valence-corrected chi connectivity index (χ3v) is 8.60. The van der Waals surface area contributed by atoms with Crippen LogP contribution in [0.5, 0.6) is 5.75 Å². The zero-order valence-corrected chi connectivity index (χ0v) is 22.7. The van der Waals surface area contributed by atoms with Crippen molar-refractivity contribution >= 4 is 11.9 Å². The standard InChI is InChI=1S/C33H36N2O4/c1-34(2)17-18-38-26-15-11-22(12-16-26)32(36)23-19-24-13-14-25(20-23)35(24)33(37)39-21-31-29-9-5-3-7-27(29)28-8-4-6-10-30(28)31/h3-12,15-16,23-25,31H,13-14,17-21H2,1-2H3. The maximum atomic E-state index is 13.4. The minimum Gasteiger partial charge on any atom is -0.492 e. The number of nitrogens with zero attached hydrogens (tertiary/aromatic N) is 2. The number of ether oxygens (including phenoxy) is 2. The average molecular weight is 525 g/mol. The Labute approximate surface area is 230 Å². The number of carbonyl (C=O) groups is 2. The van der Waals surface area contributed by atoms with E-state index in [4.69, 9.17) is 9.47 Å².